The number of benzene rings is 2. The smallest absolute Gasteiger partial charge is 0.144 e. The zero-order valence-electron chi connectivity index (χ0n) is 13.9. The molecule has 122 valence electrons. The van der Waals surface area contributed by atoms with Crippen molar-refractivity contribution in [1.82, 2.24) is 9.97 Å². The van der Waals surface area contributed by atoms with Crippen molar-refractivity contribution in [2.45, 2.75) is 32.1 Å². The predicted molar refractivity (Wildman–Crippen MR) is 99.6 cm³/mol. The Morgan fingerprint density at radius 1 is 0.833 bits per heavy atom. The average molecular weight is 317 g/mol. The van der Waals surface area contributed by atoms with Gasteiger partial charge in [-0.25, -0.2) is 9.97 Å². The van der Waals surface area contributed by atoms with Gasteiger partial charge in [0.15, 0.2) is 0 Å². The lowest BCUT2D eigenvalue weighted by molar-refractivity contribution is 0.364. The van der Waals surface area contributed by atoms with Crippen LogP contribution in [-0.4, -0.2) is 16.5 Å². The number of nitrogens with zero attached hydrogens (tertiary/aromatic N) is 3. The molecule has 0 atom stereocenters. The Morgan fingerprint density at radius 2 is 1.58 bits per heavy atom. The van der Waals surface area contributed by atoms with Crippen LogP contribution in [0.4, 0.5) is 11.5 Å². The lowest BCUT2D eigenvalue weighted by Gasteiger charge is -2.31. The molecule has 2 aromatic carbocycles. The topological polar surface area (TPSA) is 29.0 Å². The highest BCUT2D eigenvalue weighted by Gasteiger charge is 2.21. The quantitative estimate of drug-likeness (QED) is 0.649. The largest absolute Gasteiger partial charge is 0.325 e. The maximum Gasteiger partial charge on any atom is 0.144 e. The van der Waals surface area contributed by atoms with Crippen LogP contribution >= 0.6 is 0 Å². The highest BCUT2D eigenvalue weighted by atomic mass is 15.2. The lowest BCUT2D eigenvalue weighted by atomic mass is 9.88. The minimum absolute atomic E-state index is 0.743. The van der Waals surface area contributed by atoms with Crippen molar-refractivity contribution in [2.24, 2.45) is 5.92 Å². The lowest BCUT2D eigenvalue weighted by Crippen LogP contribution is -2.27. The van der Waals surface area contributed by atoms with Crippen LogP contribution in [-0.2, 0) is 0 Å². The number of anilines is 2. The van der Waals surface area contributed by atoms with Gasteiger partial charge in [-0.15, -0.1) is 0 Å². The molecule has 1 fully saturated rings. The molecular weight excluding hydrogens is 294 g/mol. The molecular formula is C21H23N3. The predicted octanol–water partition coefficient (Wildman–Crippen LogP) is 5.35. The standard InChI is InChI=1S/C21H23N3/c1-3-9-17(10-4-1)15-24(18-11-5-2-6-12-18)21-19-13-7-8-14-20(19)22-16-23-21/h2,5-8,11-14,16-17H,1,3-4,9-10,15H2. The van der Waals surface area contributed by atoms with E-state index >= 15 is 0 Å². The molecule has 0 spiro atoms. The van der Waals surface area contributed by atoms with Gasteiger partial charge in [0.2, 0.25) is 0 Å². The van der Waals surface area contributed by atoms with Gasteiger partial charge < -0.3 is 4.90 Å². The average Bonchev–Trinajstić information content (AvgIpc) is 2.67. The molecule has 0 bridgehead atoms. The van der Waals surface area contributed by atoms with E-state index in [1.54, 1.807) is 6.33 Å². The Morgan fingerprint density at radius 3 is 2.42 bits per heavy atom. The van der Waals surface area contributed by atoms with Gasteiger partial charge in [0.05, 0.1) is 5.52 Å². The van der Waals surface area contributed by atoms with Crippen LogP contribution in [0, 0.1) is 5.92 Å². The van der Waals surface area contributed by atoms with Crippen molar-refractivity contribution in [3.63, 3.8) is 0 Å². The molecule has 1 saturated carbocycles. The molecule has 0 aliphatic heterocycles. The van der Waals surface area contributed by atoms with Crippen LogP contribution in [0.2, 0.25) is 0 Å². The van der Waals surface area contributed by atoms with Crippen molar-refractivity contribution in [3.05, 3.63) is 60.9 Å². The Hall–Kier alpha value is -2.42. The van der Waals surface area contributed by atoms with Gasteiger partial charge >= 0.3 is 0 Å². The summed E-state index contributed by atoms with van der Waals surface area (Å²) in [6.07, 6.45) is 8.45. The SMILES string of the molecule is c1ccc(N(CC2CCCCC2)c2ncnc3ccccc23)cc1. The van der Waals surface area contributed by atoms with Gasteiger partial charge in [-0.2, -0.15) is 0 Å². The summed E-state index contributed by atoms with van der Waals surface area (Å²) in [7, 11) is 0. The summed E-state index contributed by atoms with van der Waals surface area (Å²) in [6, 6.07) is 18.9. The third-order valence-electron chi connectivity index (χ3n) is 5.01. The summed E-state index contributed by atoms with van der Waals surface area (Å²) >= 11 is 0. The van der Waals surface area contributed by atoms with Crippen molar-refractivity contribution in [2.75, 3.05) is 11.4 Å². The summed E-state index contributed by atoms with van der Waals surface area (Å²) in [4.78, 5) is 11.5. The molecule has 3 heteroatoms. The Labute approximate surface area is 143 Å². The van der Waals surface area contributed by atoms with E-state index in [9.17, 15) is 0 Å². The fraction of sp³-hybridized carbons (Fsp3) is 0.333. The van der Waals surface area contributed by atoms with Crippen molar-refractivity contribution >= 4 is 22.4 Å². The second-order valence-corrected chi connectivity index (χ2v) is 6.66. The number of fused-ring (bicyclic) bond motifs is 1. The first-order valence-corrected chi connectivity index (χ1v) is 8.94. The molecule has 0 unspecified atom stereocenters. The third kappa shape index (κ3) is 3.12. The minimum atomic E-state index is 0.743. The zero-order valence-corrected chi connectivity index (χ0v) is 13.9. The number of hydrogen-bond donors (Lipinski definition) is 0. The molecule has 0 amide bonds. The molecule has 4 rings (SSSR count). The number of hydrogen-bond acceptors (Lipinski definition) is 3. The van der Waals surface area contributed by atoms with E-state index in [2.05, 4.69) is 63.4 Å². The molecule has 3 aromatic rings. The van der Waals surface area contributed by atoms with Crippen molar-refractivity contribution < 1.29 is 0 Å². The van der Waals surface area contributed by atoms with E-state index in [1.165, 1.54) is 37.8 Å². The Kier molecular flexibility index (Phi) is 4.41. The minimum Gasteiger partial charge on any atom is -0.325 e. The first-order valence-electron chi connectivity index (χ1n) is 8.94. The zero-order chi connectivity index (χ0) is 16.2. The van der Waals surface area contributed by atoms with Gasteiger partial charge in [0.1, 0.15) is 12.1 Å². The highest BCUT2D eigenvalue weighted by molar-refractivity contribution is 5.91. The fourth-order valence-corrected chi connectivity index (χ4v) is 3.76. The van der Waals surface area contributed by atoms with E-state index in [1.807, 2.05) is 6.07 Å². The van der Waals surface area contributed by atoms with Gasteiger partial charge in [-0.3, -0.25) is 0 Å². The molecule has 0 N–H and O–H groups in total. The molecule has 1 aliphatic rings. The molecule has 24 heavy (non-hydrogen) atoms. The molecule has 1 aliphatic carbocycles. The van der Waals surface area contributed by atoms with Crippen LogP contribution in [0.25, 0.3) is 10.9 Å². The normalized spacial score (nSPS) is 15.5. The first kappa shape index (κ1) is 15.1. The van der Waals surface area contributed by atoms with Gasteiger partial charge in [-0.1, -0.05) is 49.6 Å². The monoisotopic (exact) mass is 317 g/mol. The number of rotatable bonds is 4. The second kappa shape index (κ2) is 7.00. The van der Waals surface area contributed by atoms with E-state index < -0.39 is 0 Å². The highest BCUT2D eigenvalue weighted by Crippen LogP contribution is 2.33. The maximum atomic E-state index is 4.66. The van der Waals surface area contributed by atoms with Crippen LogP contribution in [0.1, 0.15) is 32.1 Å². The van der Waals surface area contributed by atoms with Gasteiger partial charge in [0.25, 0.3) is 0 Å². The van der Waals surface area contributed by atoms with E-state index in [4.69, 9.17) is 0 Å². The van der Waals surface area contributed by atoms with Crippen molar-refractivity contribution in [3.8, 4) is 0 Å². The van der Waals surface area contributed by atoms with E-state index in [0.29, 0.717) is 0 Å². The van der Waals surface area contributed by atoms with E-state index in [0.717, 1.165) is 29.2 Å². The fourth-order valence-electron chi connectivity index (χ4n) is 3.76. The Balaban J connectivity index is 1.76. The number of para-hydroxylation sites is 2. The molecule has 0 saturated heterocycles. The molecule has 1 heterocycles. The van der Waals surface area contributed by atoms with Gasteiger partial charge in [-0.05, 0) is 43.0 Å². The van der Waals surface area contributed by atoms with Crippen LogP contribution in [0.3, 0.4) is 0 Å². The summed E-state index contributed by atoms with van der Waals surface area (Å²) in [5, 5.41) is 1.12. The van der Waals surface area contributed by atoms with E-state index in [-0.39, 0.29) is 0 Å². The van der Waals surface area contributed by atoms with Crippen LogP contribution in [0.5, 0.6) is 0 Å². The second-order valence-electron chi connectivity index (χ2n) is 6.66. The summed E-state index contributed by atoms with van der Waals surface area (Å²) in [6.45, 7) is 1.03. The molecule has 3 nitrogen and oxygen atoms in total. The summed E-state index contributed by atoms with van der Waals surface area (Å²) in [5.41, 5.74) is 2.22. The number of aromatic nitrogens is 2. The Bertz CT molecular complexity index is 789. The van der Waals surface area contributed by atoms with Crippen LogP contribution in [0.15, 0.2) is 60.9 Å². The van der Waals surface area contributed by atoms with Crippen LogP contribution < -0.4 is 4.90 Å². The first-order chi connectivity index (χ1) is 11.9. The molecule has 0 radical (unpaired) electrons. The third-order valence-corrected chi connectivity index (χ3v) is 5.01. The molecule has 1 aromatic heterocycles. The summed E-state index contributed by atoms with van der Waals surface area (Å²) < 4.78 is 0. The summed E-state index contributed by atoms with van der Waals surface area (Å²) in [5.74, 6) is 1.77. The van der Waals surface area contributed by atoms with Crippen molar-refractivity contribution in [1.29, 1.82) is 0 Å². The van der Waals surface area contributed by atoms with Gasteiger partial charge in [0, 0.05) is 17.6 Å². The maximum absolute atomic E-state index is 4.66.